The molecule has 0 spiro atoms. The Hall–Kier alpha value is -2.98. The van der Waals surface area contributed by atoms with Crippen LogP contribution in [0.4, 0.5) is 4.39 Å². The number of rotatable bonds is 5. The Balaban J connectivity index is 1.60. The van der Waals surface area contributed by atoms with Crippen molar-refractivity contribution >= 4 is 28.4 Å². The van der Waals surface area contributed by atoms with Gasteiger partial charge in [-0.2, -0.15) is 0 Å². The molecule has 140 valence electrons. The van der Waals surface area contributed by atoms with Gasteiger partial charge in [-0.3, -0.25) is 9.36 Å². The van der Waals surface area contributed by atoms with E-state index in [0.717, 1.165) is 16.6 Å². The van der Waals surface area contributed by atoms with E-state index in [1.54, 1.807) is 35.2 Å². The molecule has 28 heavy (non-hydrogen) atoms. The average Bonchev–Trinajstić information content (AvgIpc) is 3.12. The largest absolute Gasteiger partial charge is 0.296 e. The van der Waals surface area contributed by atoms with Crippen LogP contribution in [0.5, 0.6) is 0 Å². The standard InChI is InChI=1S/C23H18ClFN2O/c1-15-6-9-19(25)22(12-15)27-14-26-20-13-17(7-10-21(20)27)23(28)11-8-16-4-2-3-5-18(16)24/h2-7,9-10,12-14H,8,11H2,1H3. The van der Waals surface area contributed by atoms with Gasteiger partial charge in [0.1, 0.15) is 12.1 Å². The lowest BCUT2D eigenvalue weighted by atomic mass is 10.0. The van der Waals surface area contributed by atoms with Gasteiger partial charge < -0.3 is 0 Å². The van der Waals surface area contributed by atoms with Crippen LogP contribution < -0.4 is 0 Å². The van der Waals surface area contributed by atoms with Crippen LogP contribution in [0.3, 0.4) is 0 Å². The average molecular weight is 393 g/mol. The van der Waals surface area contributed by atoms with Gasteiger partial charge in [-0.05, 0) is 60.9 Å². The van der Waals surface area contributed by atoms with E-state index in [-0.39, 0.29) is 11.6 Å². The zero-order chi connectivity index (χ0) is 19.7. The molecule has 4 rings (SSSR count). The van der Waals surface area contributed by atoms with Crippen LogP contribution in [-0.4, -0.2) is 15.3 Å². The number of benzene rings is 3. The van der Waals surface area contributed by atoms with Crippen molar-refractivity contribution in [3.05, 3.63) is 94.5 Å². The molecule has 1 aromatic heterocycles. The predicted molar refractivity (Wildman–Crippen MR) is 110 cm³/mol. The Morgan fingerprint density at radius 3 is 2.75 bits per heavy atom. The summed E-state index contributed by atoms with van der Waals surface area (Å²) in [5.41, 5.74) is 4.37. The van der Waals surface area contributed by atoms with Gasteiger partial charge in [-0.25, -0.2) is 9.37 Å². The SMILES string of the molecule is Cc1ccc(F)c(-n2cnc3cc(C(=O)CCc4ccccc4Cl)ccc32)c1. The molecule has 0 atom stereocenters. The van der Waals surface area contributed by atoms with Crippen molar-refractivity contribution in [2.75, 3.05) is 0 Å². The van der Waals surface area contributed by atoms with Gasteiger partial charge in [0.15, 0.2) is 5.78 Å². The Labute approximate surface area is 167 Å². The number of fused-ring (bicyclic) bond motifs is 1. The molecule has 0 aliphatic carbocycles. The third-order valence-corrected chi connectivity index (χ3v) is 5.18. The lowest BCUT2D eigenvalue weighted by molar-refractivity contribution is 0.0983. The first kappa shape index (κ1) is 18.4. The number of hydrogen-bond donors (Lipinski definition) is 0. The molecule has 0 aliphatic rings. The quantitative estimate of drug-likeness (QED) is 0.394. The molecule has 0 N–H and O–H groups in total. The first-order chi connectivity index (χ1) is 13.5. The molecule has 0 bridgehead atoms. The number of nitrogens with zero attached hydrogens (tertiary/aromatic N) is 2. The third-order valence-electron chi connectivity index (χ3n) is 4.81. The Morgan fingerprint density at radius 1 is 1.11 bits per heavy atom. The van der Waals surface area contributed by atoms with Crippen molar-refractivity contribution < 1.29 is 9.18 Å². The number of aryl methyl sites for hydroxylation is 2. The predicted octanol–water partition coefficient (Wildman–Crippen LogP) is 5.94. The van der Waals surface area contributed by atoms with Gasteiger partial charge in [0.2, 0.25) is 0 Å². The minimum absolute atomic E-state index is 0.0260. The fourth-order valence-corrected chi connectivity index (χ4v) is 3.51. The van der Waals surface area contributed by atoms with Crippen molar-refractivity contribution in [3.8, 4) is 5.69 Å². The van der Waals surface area contributed by atoms with E-state index in [0.29, 0.717) is 34.6 Å². The summed E-state index contributed by atoms with van der Waals surface area (Å²) in [6.07, 6.45) is 2.53. The van der Waals surface area contributed by atoms with Crippen LogP contribution in [0.1, 0.15) is 27.9 Å². The lowest BCUT2D eigenvalue weighted by Crippen LogP contribution is -2.02. The molecule has 0 saturated carbocycles. The number of halogens is 2. The summed E-state index contributed by atoms with van der Waals surface area (Å²) >= 11 is 6.16. The molecular formula is C23H18ClFN2O. The highest BCUT2D eigenvalue weighted by Gasteiger charge is 2.13. The van der Waals surface area contributed by atoms with Gasteiger partial charge in [-0.15, -0.1) is 0 Å². The number of carbonyl (C=O) groups is 1. The fraction of sp³-hybridized carbons (Fsp3) is 0.130. The molecule has 1 heterocycles. The minimum atomic E-state index is -0.315. The van der Waals surface area contributed by atoms with Crippen LogP contribution in [0.2, 0.25) is 5.02 Å². The van der Waals surface area contributed by atoms with Crippen LogP contribution in [0, 0.1) is 12.7 Å². The normalized spacial score (nSPS) is 11.1. The van der Waals surface area contributed by atoms with E-state index in [2.05, 4.69) is 4.98 Å². The monoisotopic (exact) mass is 392 g/mol. The second-order valence-electron chi connectivity index (χ2n) is 6.79. The topological polar surface area (TPSA) is 34.9 Å². The molecule has 0 radical (unpaired) electrons. The highest BCUT2D eigenvalue weighted by Crippen LogP contribution is 2.23. The second kappa shape index (κ2) is 7.56. The van der Waals surface area contributed by atoms with E-state index >= 15 is 0 Å². The van der Waals surface area contributed by atoms with Gasteiger partial charge in [0, 0.05) is 17.0 Å². The Kier molecular flexibility index (Phi) is 4.97. The highest BCUT2D eigenvalue weighted by molar-refractivity contribution is 6.31. The maximum absolute atomic E-state index is 14.2. The summed E-state index contributed by atoms with van der Waals surface area (Å²) in [7, 11) is 0. The molecule has 0 saturated heterocycles. The molecule has 0 unspecified atom stereocenters. The molecule has 3 nitrogen and oxygen atoms in total. The first-order valence-electron chi connectivity index (χ1n) is 9.03. The number of Topliss-reactive ketones (excluding diaryl/α,β-unsaturated/α-hetero) is 1. The van der Waals surface area contributed by atoms with Crippen LogP contribution >= 0.6 is 11.6 Å². The molecule has 3 aromatic carbocycles. The number of aromatic nitrogens is 2. The molecule has 0 fully saturated rings. The molecule has 4 aromatic rings. The summed E-state index contributed by atoms with van der Waals surface area (Å²) in [6.45, 7) is 1.91. The number of carbonyl (C=O) groups excluding carboxylic acids is 1. The van der Waals surface area contributed by atoms with Crippen LogP contribution in [0.25, 0.3) is 16.7 Å². The number of ketones is 1. The van der Waals surface area contributed by atoms with Gasteiger partial charge in [0.05, 0.1) is 16.7 Å². The summed E-state index contributed by atoms with van der Waals surface area (Å²) in [5.74, 6) is -0.289. The summed E-state index contributed by atoms with van der Waals surface area (Å²) in [6, 6.07) is 17.8. The molecular weight excluding hydrogens is 375 g/mol. The summed E-state index contributed by atoms with van der Waals surface area (Å²) in [4.78, 5) is 17.0. The van der Waals surface area contributed by atoms with Crippen molar-refractivity contribution in [1.82, 2.24) is 9.55 Å². The maximum atomic E-state index is 14.2. The van der Waals surface area contributed by atoms with Crippen LogP contribution in [0.15, 0.2) is 67.0 Å². The summed E-state index contributed by atoms with van der Waals surface area (Å²) < 4.78 is 16.0. The van der Waals surface area contributed by atoms with Crippen molar-refractivity contribution in [2.45, 2.75) is 19.8 Å². The van der Waals surface area contributed by atoms with E-state index < -0.39 is 0 Å². The fourth-order valence-electron chi connectivity index (χ4n) is 3.28. The third kappa shape index (κ3) is 3.56. The van der Waals surface area contributed by atoms with Gasteiger partial charge in [-0.1, -0.05) is 35.9 Å². The molecule has 0 aliphatic heterocycles. The van der Waals surface area contributed by atoms with E-state index in [9.17, 15) is 9.18 Å². The van der Waals surface area contributed by atoms with Gasteiger partial charge >= 0.3 is 0 Å². The highest BCUT2D eigenvalue weighted by atomic mass is 35.5. The molecule has 0 amide bonds. The zero-order valence-electron chi connectivity index (χ0n) is 15.3. The van der Waals surface area contributed by atoms with E-state index in [4.69, 9.17) is 11.6 Å². The van der Waals surface area contributed by atoms with E-state index in [1.807, 2.05) is 37.3 Å². The number of hydrogen-bond acceptors (Lipinski definition) is 2. The Morgan fingerprint density at radius 2 is 1.93 bits per heavy atom. The van der Waals surface area contributed by atoms with Gasteiger partial charge in [0.25, 0.3) is 0 Å². The zero-order valence-corrected chi connectivity index (χ0v) is 16.1. The first-order valence-corrected chi connectivity index (χ1v) is 9.41. The van der Waals surface area contributed by atoms with Crippen molar-refractivity contribution in [2.24, 2.45) is 0 Å². The second-order valence-corrected chi connectivity index (χ2v) is 7.19. The van der Waals surface area contributed by atoms with Crippen molar-refractivity contribution in [3.63, 3.8) is 0 Å². The van der Waals surface area contributed by atoms with Crippen LogP contribution in [-0.2, 0) is 6.42 Å². The summed E-state index contributed by atoms with van der Waals surface area (Å²) in [5, 5.41) is 0.671. The Bertz CT molecular complexity index is 1180. The maximum Gasteiger partial charge on any atom is 0.163 e. The lowest BCUT2D eigenvalue weighted by Gasteiger charge is -2.08. The smallest absolute Gasteiger partial charge is 0.163 e. The molecule has 5 heteroatoms. The van der Waals surface area contributed by atoms with E-state index in [1.165, 1.54) is 6.07 Å². The minimum Gasteiger partial charge on any atom is -0.296 e. The number of imidazole rings is 1. The van der Waals surface area contributed by atoms with Crippen molar-refractivity contribution in [1.29, 1.82) is 0 Å².